The number of amides is 2. The van der Waals surface area contributed by atoms with Crippen LogP contribution in [0.1, 0.15) is 58.4 Å². The number of hydrogen-bond donors (Lipinski definition) is 2. The Balaban J connectivity index is 1.43. The summed E-state index contributed by atoms with van der Waals surface area (Å²) in [5.74, 6) is 0.0727. The van der Waals surface area contributed by atoms with Crippen LogP contribution in [0.3, 0.4) is 0 Å². The highest BCUT2D eigenvalue weighted by Crippen LogP contribution is 2.23. The number of nitrogens with one attached hydrogen (secondary N) is 2. The second-order valence-corrected chi connectivity index (χ2v) is 8.39. The monoisotopic (exact) mass is 442 g/mol. The molecule has 4 rings (SSSR count). The van der Waals surface area contributed by atoms with Gasteiger partial charge in [-0.05, 0) is 42.7 Å². The second kappa shape index (κ2) is 11.3. The Labute approximate surface area is 195 Å². The van der Waals surface area contributed by atoms with Crippen molar-refractivity contribution in [2.24, 2.45) is 0 Å². The van der Waals surface area contributed by atoms with Crippen molar-refractivity contribution in [2.75, 3.05) is 11.9 Å². The molecule has 0 aromatic heterocycles. The lowest BCUT2D eigenvalue weighted by atomic mass is 9.95. The summed E-state index contributed by atoms with van der Waals surface area (Å²) in [5, 5.41) is 6.04. The molecule has 2 amide bonds. The van der Waals surface area contributed by atoms with E-state index in [1.807, 2.05) is 36.4 Å². The maximum Gasteiger partial charge on any atom is 0.259 e. The normalized spacial score (nSPS) is 13.8. The molecular weight excluding hydrogens is 412 g/mol. The molecule has 0 heterocycles. The zero-order valence-electron chi connectivity index (χ0n) is 18.8. The molecule has 0 unspecified atom stereocenters. The molecule has 5 nitrogen and oxygen atoms in total. The van der Waals surface area contributed by atoms with Gasteiger partial charge in [-0.1, -0.05) is 73.9 Å². The first-order valence-electron chi connectivity index (χ1n) is 11.7. The fourth-order valence-electron chi connectivity index (χ4n) is 4.19. The van der Waals surface area contributed by atoms with Gasteiger partial charge in [0.15, 0.2) is 0 Å². The van der Waals surface area contributed by atoms with Crippen LogP contribution in [0, 0.1) is 0 Å². The van der Waals surface area contributed by atoms with E-state index in [0.29, 0.717) is 29.2 Å². The maximum absolute atomic E-state index is 13.1. The molecule has 0 aliphatic heterocycles. The topological polar surface area (TPSA) is 67.4 Å². The Morgan fingerprint density at radius 3 is 2.21 bits per heavy atom. The van der Waals surface area contributed by atoms with Crippen LogP contribution in [-0.4, -0.2) is 24.5 Å². The fraction of sp³-hybridized carbons (Fsp3) is 0.286. The summed E-state index contributed by atoms with van der Waals surface area (Å²) in [6, 6.07) is 24.6. The van der Waals surface area contributed by atoms with Gasteiger partial charge in [0.1, 0.15) is 5.75 Å². The van der Waals surface area contributed by atoms with Crippen LogP contribution in [0.15, 0.2) is 78.9 Å². The summed E-state index contributed by atoms with van der Waals surface area (Å²) in [5.41, 5.74) is 2.58. The quantitative estimate of drug-likeness (QED) is 0.476. The molecule has 1 fully saturated rings. The van der Waals surface area contributed by atoms with Crippen molar-refractivity contribution < 1.29 is 14.3 Å². The van der Waals surface area contributed by atoms with E-state index < -0.39 is 0 Å². The van der Waals surface area contributed by atoms with Gasteiger partial charge in [-0.15, -0.1) is 0 Å². The van der Waals surface area contributed by atoms with Crippen molar-refractivity contribution in [1.82, 2.24) is 5.32 Å². The maximum atomic E-state index is 13.1. The zero-order valence-corrected chi connectivity index (χ0v) is 18.8. The first-order valence-corrected chi connectivity index (χ1v) is 11.7. The molecule has 2 N–H and O–H groups in total. The SMILES string of the molecule is O=C(NC1CCCCC1)c1ccccc1NC(=O)c1ccccc1OCCc1ccccc1. The lowest BCUT2D eigenvalue weighted by molar-refractivity contribution is 0.0928. The minimum absolute atomic E-state index is 0.148. The minimum atomic E-state index is -0.303. The third kappa shape index (κ3) is 6.22. The van der Waals surface area contributed by atoms with E-state index in [9.17, 15) is 9.59 Å². The van der Waals surface area contributed by atoms with E-state index in [2.05, 4.69) is 22.8 Å². The molecule has 1 aliphatic rings. The highest BCUT2D eigenvalue weighted by Gasteiger charge is 2.20. The lowest BCUT2D eigenvalue weighted by Crippen LogP contribution is -2.36. The van der Waals surface area contributed by atoms with Crippen LogP contribution in [-0.2, 0) is 6.42 Å². The van der Waals surface area contributed by atoms with Crippen molar-refractivity contribution in [3.63, 3.8) is 0 Å². The Bertz CT molecular complexity index is 1080. The molecule has 3 aromatic carbocycles. The van der Waals surface area contributed by atoms with Crippen LogP contribution >= 0.6 is 0 Å². The molecule has 0 atom stereocenters. The van der Waals surface area contributed by atoms with Crippen LogP contribution < -0.4 is 15.4 Å². The van der Waals surface area contributed by atoms with E-state index in [1.54, 1.807) is 30.3 Å². The van der Waals surface area contributed by atoms with E-state index in [1.165, 1.54) is 12.0 Å². The van der Waals surface area contributed by atoms with Gasteiger partial charge >= 0.3 is 0 Å². The Morgan fingerprint density at radius 2 is 1.42 bits per heavy atom. The van der Waals surface area contributed by atoms with Crippen molar-refractivity contribution in [2.45, 2.75) is 44.6 Å². The van der Waals surface area contributed by atoms with Crippen LogP contribution in [0.4, 0.5) is 5.69 Å². The molecule has 1 saturated carbocycles. The summed E-state index contributed by atoms with van der Waals surface area (Å²) in [7, 11) is 0. The third-order valence-electron chi connectivity index (χ3n) is 5.98. The molecule has 0 radical (unpaired) electrons. The molecule has 1 aliphatic carbocycles. The first kappa shape index (κ1) is 22.6. The number of para-hydroxylation sites is 2. The number of hydrogen-bond acceptors (Lipinski definition) is 3. The Hall–Kier alpha value is -3.60. The summed E-state index contributed by atoms with van der Waals surface area (Å²) < 4.78 is 5.94. The summed E-state index contributed by atoms with van der Waals surface area (Å²) in [6.45, 7) is 0.467. The lowest BCUT2D eigenvalue weighted by Gasteiger charge is -2.23. The molecule has 0 bridgehead atoms. The predicted molar refractivity (Wildman–Crippen MR) is 131 cm³/mol. The number of rotatable bonds is 8. The summed E-state index contributed by atoms with van der Waals surface area (Å²) in [4.78, 5) is 26.0. The van der Waals surface area contributed by atoms with Crippen LogP contribution in [0.5, 0.6) is 5.75 Å². The molecule has 170 valence electrons. The van der Waals surface area contributed by atoms with E-state index in [-0.39, 0.29) is 17.9 Å². The van der Waals surface area contributed by atoms with Crippen molar-refractivity contribution in [3.8, 4) is 5.75 Å². The minimum Gasteiger partial charge on any atom is -0.492 e. The second-order valence-electron chi connectivity index (χ2n) is 8.39. The van der Waals surface area contributed by atoms with Gasteiger partial charge in [-0.25, -0.2) is 0 Å². The molecular formula is C28H30N2O3. The standard InChI is InChI=1S/C28H30N2O3/c31-27(29-22-13-5-2-6-14-22)23-15-7-9-17-25(23)30-28(32)24-16-8-10-18-26(24)33-20-19-21-11-3-1-4-12-21/h1,3-4,7-12,15-18,22H,2,5-6,13-14,19-20H2,(H,29,31)(H,30,32). The van der Waals surface area contributed by atoms with Crippen LogP contribution in [0.25, 0.3) is 0 Å². The van der Waals surface area contributed by atoms with Gasteiger partial charge in [0, 0.05) is 12.5 Å². The van der Waals surface area contributed by atoms with Gasteiger partial charge < -0.3 is 15.4 Å². The largest absolute Gasteiger partial charge is 0.492 e. The number of ether oxygens (including phenoxy) is 1. The molecule has 5 heteroatoms. The van der Waals surface area contributed by atoms with Crippen molar-refractivity contribution in [3.05, 3.63) is 95.6 Å². The van der Waals surface area contributed by atoms with Gasteiger partial charge in [-0.2, -0.15) is 0 Å². The first-order chi connectivity index (χ1) is 16.2. The molecule has 33 heavy (non-hydrogen) atoms. The molecule has 0 spiro atoms. The van der Waals surface area contributed by atoms with E-state index in [0.717, 1.165) is 32.1 Å². The fourth-order valence-corrected chi connectivity index (χ4v) is 4.19. The van der Waals surface area contributed by atoms with Crippen molar-refractivity contribution >= 4 is 17.5 Å². The number of carbonyl (C=O) groups excluding carboxylic acids is 2. The smallest absolute Gasteiger partial charge is 0.259 e. The predicted octanol–water partition coefficient (Wildman–Crippen LogP) is 5.62. The van der Waals surface area contributed by atoms with E-state index >= 15 is 0 Å². The Kier molecular flexibility index (Phi) is 7.75. The highest BCUT2D eigenvalue weighted by atomic mass is 16.5. The van der Waals surface area contributed by atoms with Gasteiger partial charge in [-0.3, -0.25) is 9.59 Å². The summed E-state index contributed by atoms with van der Waals surface area (Å²) >= 11 is 0. The summed E-state index contributed by atoms with van der Waals surface area (Å²) in [6.07, 6.45) is 6.28. The van der Waals surface area contributed by atoms with Gasteiger partial charge in [0.05, 0.1) is 23.4 Å². The Morgan fingerprint density at radius 1 is 0.758 bits per heavy atom. The number of anilines is 1. The average Bonchev–Trinajstić information content (AvgIpc) is 2.86. The van der Waals surface area contributed by atoms with Gasteiger partial charge in [0.2, 0.25) is 0 Å². The third-order valence-corrected chi connectivity index (χ3v) is 5.98. The zero-order chi connectivity index (χ0) is 22.9. The highest BCUT2D eigenvalue weighted by molar-refractivity contribution is 6.10. The van der Waals surface area contributed by atoms with Gasteiger partial charge in [0.25, 0.3) is 11.8 Å². The van der Waals surface area contributed by atoms with E-state index in [4.69, 9.17) is 4.74 Å². The average molecular weight is 443 g/mol. The number of benzene rings is 3. The van der Waals surface area contributed by atoms with Crippen LogP contribution in [0.2, 0.25) is 0 Å². The number of carbonyl (C=O) groups is 2. The van der Waals surface area contributed by atoms with Crippen molar-refractivity contribution in [1.29, 1.82) is 0 Å². The molecule has 3 aromatic rings. The molecule has 0 saturated heterocycles.